The molecule has 1 rings (SSSR count). The number of carbonyl (C=O) groups excluding carboxylic acids is 1. The topological polar surface area (TPSA) is 78.4 Å². The van der Waals surface area contributed by atoms with Crippen molar-refractivity contribution >= 4 is 17.7 Å². The number of carbonyl (C=O) groups is 2. The summed E-state index contributed by atoms with van der Waals surface area (Å²) in [6.45, 7) is 6.44. The summed E-state index contributed by atoms with van der Waals surface area (Å²) in [6.07, 6.45) is 0.904. The second-order valence-corrected chi connectivity index (χ2v) is 4.85. The zero-order chi connectivity index (χ0) is 14.4. The Morgan fingerprint density at radius 2 is 2.00 bits per heavy atom. The highest BCUT2D eigenvalue weighted by Gasteiger charge is 2.11. The Morgan fingerprint density at radius 3 is 2.58 bits per heavy atom. The van der Waals surface area contributed by atoms with Gasteiger partial charge < -0.3 is 15.7 Å². The van der Waals surface area contributed by atoms with Gasteiger partial charge in [-0.15, -0.1) is 0 Å². The first-order valence-electron chi connectivity index (χ1n) is 6.29. The molecule has 3 N–H and O–H groups in total. The van der Waals surface area contributed by atoms with E-state index in [2.05, 4.69) is 24.5 Å². The summed E-state index contributed by atoms with van der Waals surface area (Å²) in [6, 6.07) is 4.50. The molecule has 0 heterocycles. The predicted octanol–water partition coefficient (Wildman–Crippen LogP) is 2.86. The van der Waals surface area contributed by atoms with Gasteiger partial charge in [-0.2, -0.15) is 0 Å². The van der Waals surface area contributed by atoms with E-state index in [0.717, 1.165) is 6.42 Å². The van der Waals surface area contributed by atoms with E-state index in [-0.39, 0.29) is 11.6 Å². The minimum Gasteiger partial charge on any atom is -0.478 e. The highest BCUT2D eigenvalue weighted by molar-refractivity contribution is 5.95. The fraction of sp³-hybridized carbons (Fsp3) is 0.429. The first-order valence-corrected chi connectivity index (χ1v) is 6.29. The third-order valence-electron chi connectivity index (χ3n) is 2.82. The summed E-state index contributed by atoms with van der Waals surface area (Å²) in [4.78, 5) is 22.6. The van der Waals surface area contributed by atoms with Crippen molar-refractivity contribution in [3.05, 3.63) is 29.3 Å². The molecule has 5 nitrogen and oxygen atoms in total. The molecule has 5 heteroatoms. The van der Waals surface area contributed by atoms with Crippen LogP contribution in [0.3, 0.4) is 0 Å². The van der Waals surface area contributed by atoms with Crippen molar-refractivity contribution in [3.8, 4) is 0 Å². The lowest BCUT2D eigenvalue weighted by atomic mass is 10.1. The highest BCUT2D eigenvalue weighted by Crippen LogP contribution is 2.18. The molecule has 0 aliphatic carbocycles. The second kappa shape index (κ2) is 6.78. The molecule has 2 amide bonds. The number of nitrogens with one attached hydrogen (secondary N) is 2. The van der Waals surface area contributed by atoms with Gasteiger partial charge in [-0.1, -0.05) is 19.9 Å². The molecular weight excluding hydrogens is 244 g/mol. The van der Waals surface area contributed by atoms with Crippen molar-refractivity contribution in [1.29, 1.82) is 0 Å². The van der Waals surface area contributed by atoms with Gasteiger partial charge >= 0.3 is 12.0 Å². The predicted molar refractivity (Wildman–Crippen MR) is 74.6 cm³/mol. The van der Waals surface area contributed by atoms with Crippen molar-refractivity contribution in [2.45, 2.75) is 27.2 Å². The van der Waals surface area contributed by atoms with E-state index in [1.54, 1.807) is 19.1 Å². The fourth-order valence-corrected chi connectivity index (χ4v) is 1.64. The Kier molecular flexibility index (Phi) is 5.36. The van der Waals surface area contributed by atoms with Gasteiger partial charge in [0.25, 0.3) is 0 Å². The van der Waals surface area contributed by atoms with Gasteiger partial charge in [-0.05, 0) is 37.0 Å². The molecule has 0 saturated heterocycles. The van der Waals surface area contributed by atoms with E-state index in [1.165, 1.54) is 6.07 Å². The van der Waals surface area contributed by atoms with Crippen molar-refractivity contribution in [3.63, 3.8) is 0 Å². The van der Waals surface area contributed by atoms with Gasteiger partial charge in [0.05, 0.1) is 5.56 Å². The van der Waals surface area contributed by atoms with Gasteiger partial charge in [0.1, 0.15) is 0 Å². The van der Waals surface area contributed by atoms with E-state index in [9.17, 15) is 9.59 Å². The lowest BCUT2D eigenvalue weighted by Gasteiger charge is -2.12. The van der Waals surface area contributed by atoms with Crippen LogP contribution in [-0.2, 0) is 0 Å². The Bertz CT molecular complexity index is 470. The summed E-state index contributed by atoms with van der Waals surface area (Å²) >= 11 is 0. The lowest BCUT2D eigenvalue weighted by molar-refractivity contribution is 0.0696. The Morgan fingerprint density at radius 1 is 1.32 bits per heavy atom. The number of carboxylic acids is 1. The molecule has 104 valence electrons. The van der Waals surface area contributed by atoms with Crippen LogP contribution in [0.15, 0.2) is 18.2 Å². The molecular formula is C14H20N2O3. The summed E-state index contributed by atoms with van der Waals surface area (Å²) in [5.41, 5.74) is 1.26. The fourth-order valence-electron chi connectivity index (χ4n) is 1.64. The lowest BCUT2D eigenvalue weighted by Crippen LogP contribution is -2.30. The van der Waals surface area contributed by atoms with Crippen LogP contribution in [0.5, 0.6) is 0 Å². The third kappa shape index (κ3) is 4.62. The molecule has 1 aromatic carbocycles. The first kappa shape index (κ1) is 15.0. The molecule has 0 aliphatic rings. The molecule has 0 bridgehead atoms. The van der Waals surface area contributed by atoms with Crippen molar-refractivity contribution in [2.75, 3.05) is 11.9 Å². The maximum Gasteiger partial charge on any atom is 0.336 e. The summed E-state index contributed by atoms with van der Waals surface area (Å²) in [5, 5.41) is 14.4. The standard InChI is InChI=1S/C14H20N2O3/c1-9(2)7-8-15-14(19)16-12-6-4-5-11(10(12)3)13(17)18/h4-6,9H,7-8H2,1-3H3,(H,17,18)(H2,15,16,19). The third-order valence-corrected chi connectivity index (χ3v) is 2.82. The number of urea groups is 1. The van der Waals surface area contributed by atoms with E-state index >= 15 is 0 Å². The van der Waals surface area contributed by atoms with E-state index in [0.29, 0.717) is 23.7 Å². The molecule has 0 unspecified atom stereocenters. The average molecular weight is 264 g/mol. The van der Waals surface area contributed by atoms with Crippen LogP contribution < -0.4 is 10.6 Å². The molecule has 19 heavy (non-hydrogen) atoms. The average Bonchev–Trinajstić information content (AvgIpc) is 2.31. The summed E-state index contributed by atoms with van der Waals surface area (Å²) in [5.74, 6) is -0.473. The number of hydrogen-bond donors (Lipinski definition) is 3. The van der Waals surface area contributed by atoms with Crippen LogP contribution >= 0.6 is 0 Å². The minimum absolute atomic E-state index is 0.194. The molecule has 1 aromatic rings. The largest absolute Gasteiger partial charge is 0.478 e. The number of aromatic carboxylic acids is 1. The molecule has 0 radical (unpaired) electrons. The maximum absolute atomic E-state index is 11.7. The van der Waals surface area contributed by atoms with E-state index in [1.807, 2.05) is 0 Å². The van der Waals surface area contributed by atoms with Crippen LogP contribution in [0.4, 0.5) is 10.5 Å². The molecule has 0 aliphatic heterocycles. The minimum atomic E-state index is -0.999. The molecule has 0 fully saturated rings. The zero-order valence-corrected chi connectivity index (χ0v) is 11.5. The summed E-state index contributed by atoms with van der Waals surface area (Å²) in [7, 11) is 0. The SMILES string of the molecule is Cc1c(NC(=O)NCCC(C)C)cccc1C(=O)O. The van der Waals surface area contributed by atoms with Crippen LogP contribution in [0, 0.1) is 12.8 Å². The van der Waals surface area contributed by atoms with Crippen molar-refractivity contribution in [2.24, 2.45) is 5.92 Å². The van der Waals surface area contributed by atoms with Crippen molar-refractivity contribution < 1.29 is 14.7 Å². The number of benzene rings is 1. The molecule has 0 aromatic heterocycles. The van der Waals surface area contributed by atoms with Crippen LogP contribution in [0.25, 0.3) is 0 Å². The summed E-state index contributed by atoms with van der Waals surface area (Å²) < 4.78 is 0. The number of rotatable bonds is 5. The second-order valence-electron chi connectivity index (χ2n) is 4.85. The number of carboxylic acid groups (broad SMARTS) is 1. The monoisotopic (exact) mass is 264 g/mol. The van der Waals surface area contributed by atoms with Gasteiger partial charge in [-0.3, -0.25) is 0 Å². The van der Waals surface area contributed by atoms with Crippen LogP contribution in [0.2, 0.25) is 0 Å². The Hall–Kier alpha value is -2.04. The van der Waals surface area contributed by atoms with E-state index in [4.69, 9.17) is 5.11 Å². The number of anilines is 1. The molecule has 0 atom stereocenters. The zero-order valence-electron chi connectivity index (χ0n) is 11.5. The number of hydrogen-bond acceptors (Lipinski definition) is 2. The normalized spacial score (nSPS) is 10.3. The first-order chi connectivity index (χ1) is 8.91. The van der Waals surface area contributed by atoms with Gasteiger partial charge in [0.2, 0.25) is 0 Å². The molecule has 0 spiro atoms. The van der Waals surface area contributed by atoms with Crippen LogP contribution in [-0.4, -0.2) is 23.7 Å². The number of amides is 2. The van der Waals surface area contributed by atoms with Gasteiger partial charge in [0.15, 0.2) is 0 Å². The Labute approximate surface area is 113 Å². The van der Waals surface area contributed by atoms with Crippen molar-refractivity contribution in [1.82, 2.24) is 5.32 Å². The van der Waals surface area contributed by atoms with E-state index < -0.39 is 5.97 Å². The van der Waals surface area contributed by atoms with Gasteiger partial charge in [0, 0.05) is 12.2 Å². The highest BCUT2D eigenvalue weighted by atomic mass is 16.4. The quantitative estimate of drug-likeness (QED) is 0.765. The van der Waals surface area contributed by atoms with Gasteiger partial charge in [-0.25, -0.2) is 9.59 Å². The Balaban J connectivity index is 2.64. The molecule has 0 saturated carbocycles. The van der Waals surface area contributed by atoms with Crippen LogP contribution in [0.1, 0.15) is 36.2 Å². The maximum atomic E-state index is 11.7. The smallest absolute Gasteiger partial charge is 0.336 e.